The third kappa shape index (κ3) is 4.23. The molecular weight excluding hydrogens is 426 g/mol. The van der Waals surface area contributed by atoms with Crippen molar-refractivity contribution in [2.45, 2.75) is 32.7 Å². The smallest absolute Gasteiger partial charge is 0.227 e. The van der Waals surface area contributed by atoms with Gasteiger partial charge in [0.2, 0.25) is 5.91 Å². The summed E-state index contributed by atoms with van der Waals surface area (Å²) >= 11 is 0. The van der Waals surface area contributed by atoms with Crippen LogP contribution in [0.3, 0.4) is 0 Å². The van der Waals surface area contributed by atoms with Gasteiger partial charge < -0.3 is 18.9 Å². The number of hydrogen-bond acceptors (Lipinski definition) is 4. The summed E-state index contributed by atoms with van der Waals surface area (Å²) in [4.78, 5) is 19.7. The molecule has 1 aromatic heterocycles. The molecule has 1 saturated heterocycles. The fraction of sp³-hybridized carbons (Fsp3) is 0.286. The summed E-state index contributed by atoms with van der Waals surface area (Å²) in [6, 6.07) is 21.9. The number of fused-ring (bicyclic) bond motifs is 1. The van der Waals surface area contributed by atoms with Gasteiger partial charge in [-0.25, -0.2) is 4.98 Å². The first kappa shape index (κ1) is 22.0. The van der Waals surface area contributed by atoms with Crippen molar-refractivity contribution in [2.75, 3.05) is 25.2 Å². The van der Waals surface area contributed by atoms with Gasteiger partial charge in [0, 0.05) is 24.6 Å². The van der Waals surface area contributed by atoms with Crippen LogP contribution in [-0.2, 0) is 11.3 Å². The van der Waals surface area contributed by atoms with Crippen molar-refractivity contribution in [3.05, 3.63) is 83.7 Å². The SMILES string of the molecule is COc1ccc(N2C[C@@H](c3nc4ccccc4n3CCOc3ccc(C)c(C)c3)CC2=O)cc1. The molecule has 0 unspecified atom stereocenters. The highest BCUT2D eigenvalue weighted by atomic mass is 16.5. The van der Waals surface area contributed by atoms with Crippen LogP contribution in [0.1, 0.15) is 29.3 Å². The highest BCUT2D eigenvalue weighted by Gasteiger charge is 2.34. The number of imidazole rings is 1. The molecule has 6 nitrogen and oxygen atoms in total. The second kappa shape index (κ2) is 9.21. The lowest BCUT2D eigenvalue weighted by Gasteiger charge is -2.18. The van der Waals surface area contributed by atoms with E-state index in [0.717, 1.165) is 34.0 Å². The molecule has 0 radical (unpaired) electrons. The van der Waals surface area contributed by atoms with Crippen molar-refractivity contribution in [1.29, 1.82) is 0 Å². The molecule has 1 amide bonds. The summed E-state index contributed by atoms with van der Waals surface area (Å²) in [5, 5.41) is 0. The number of methoxy groups -OCH3 is 1. The molecule has 0 bridgehead atoms. The number of benzene rings is 3. The van der Waals surface area contributed by atoms with Crippen LogP contribution in [0.5, 0.6) is 11.5 Å². The summed E-state index contributed by atoms with van der Waals surface area (Å²) < 4.78 is 13.5. The van der Waals surface area contributed by atoms with Crippen LogP contribution in [0, 0.1) is 13.8 Å². The quantitative estimate of drug-likeness (QED) is 0.381. The Balaban J connectivity index is 1.38. The molecule has 1 atom stereocenters. The van der Waals surface area contributed by atoms with Crippen molar-refractivity contribution < 1.29 is 14.3 Å². The van der Waals surface area contributed by atoms with E-state index in [2.05, 4.69) is 36.6 Å². The lowest BCUT2D eigenvalue weighted by molar-refractivity contribution is -0.117. The zero-order valence-corrected chi connectivity index (χ0v) is 19.8. The second-order valence-electron chi connectivity index (χ2n) is 8.81. The van der Waals surface area contributed by atoms with Crippen LogP contribution in [0.2, 0.25) is 0 Å². The van der Waals surface area contributed by atoms with Crippen LogP contribution in [0.4, 0.5) is 5.69 Å². The minimum Gasteiger partial charge on any atom is -0.497 e. The lowest BCUT2D eigenvalue weighted by atomic mass is 10.1. The number of carbonyl (C=O) groups excluding carboxylic acids is 1. The zero-order chi connectivity index (χ0) is 23.7. The number of carbonyl (C=O) groups is 1. The van der Waals surface area contributed by atoms with Gasteiger partial charge in [0.05, 0.1) is 24.7 Å². The summed E-state index contributed by atoms with van der Waals surface area (Å²) in [6.45, 7) is 5.98. The number of ether oxygens (including phenoxy) is 2. The molecule has 0 aliphatic carbocycles. The van der Waals surface area contributed by atoms with Crippen LogP contribution >= 0.6 is 0 Å². The van der Waals surface area contributed by atoms with E-state index in [1.54, 1.807) is 7.11 Å². The molecule has 6 heteroatoms. The normalized spacial score (nSPS) is 15.8. The number of rotatable bonds is 7. The Morgan fingerprint density at radius 1 is 0.971 bits per heavy atom. The molecule has 5 rings (SSSR count). The van der Waals surface area contributed by atoms with E-state index in [-0.39, 0.29) is 11.8 Å². The number of anilines is 1. The molecule has 1 fully saturated rings. The molecule has 0 N–H and O–H groups in total. The van der Waals surface area contributed by atoms with E-state index >= 15 is 0 Å². The molecule has 0 saturated carbocycles. The van der Waals surface area contributed by atoms with Crippen molar-refractivity contribution in [2.24, 2.45) is 0 Å². The average molecular weight is 456 g/mol. The minimum atomic E-state index is 0.0172. The standard InChI is InChI=1S/C28H29N3O3/c1-19-8-11-24(16-20(19)2)34-15-14-30-26-7-5-4-6-25(26)29-28(30)21-17-27(32)31(18-21)22-9-12-23(33-3)13-10-22/h4-13,16,21H,14-15,17-18H2,1-3H3/t21-/m0/s1. The van der Waals surface area contributed by atoms with Crippen LogP contribution in [0.15, 0.2) is 66.7 Å². The number of para-hydroxylation sites is 2. The van der Waals surface area contributed by atoms with Crippen molar-refractivity contribution >= 4 is 22.6 Å². The maximum atomic E-state index is 12.9. The van der Waals surface area contributed by atoms with E-state index in [1.807, 2.05) is 53.4 Å². The zero-order valence-electron chi connectivity index (χ0n) is 19.8. The van der Waals surface area contributed by atoms with Gasteiger partial charge in [0.15, 0.2) is 0 Å². The molecule has 174 valence electrons. The van der Waals surface area contributed by atoms with Gasteiger partial charge in [-0.15, -0.1) is 0 Å². The molecule has 0 spiro atoms. The molecular formula is C28H29N3O3. The fourth-order valence-corrected chi connectivity index (χ4v) is 4.59. The molecule has 2 heterocycles. The van der Waals surface area contributed by atoms with E-state index in [4.69, 9.17) is 14.5 Å². The predicted octanol–water partition coefficient (Wildman–Crippen LogP) is 5.26. The average Bonchev–Trinajstić information content (AvgIpc) is 3.42. The van der Waals surface area contributed by atoms with Gasteiger partial charge in [-0.2, -0.15) is 0 Å². The lowest BCUT2D eigenvalue weighted by Crippen LogP contribution is -2.24. The number of hydrogen-bond donors (Lipinski definition) is 0. The predicted molar refractivity (Wildman–Crippen MR) is 134 cm³/mol. The maximum Gasteiger partial charge on any atom is 0.227 e. The van der Waals surface area contributed by atoms with Crippen molar-refractivity contribution in [3.8, 4) is 11.5 Å². The Bertz CT molecular complexity index is 1330. The number of amides is 1. The van der Waals surface area contributed by atoms with Gasteiger partial charge in [-0.05, 0) is 73.5 Å². The highest BCUT2D eigenvalue weighted by molar-refractivity contribution is 5.96. The first-order valence-electron chi connectivity index (χ1n) is 11.6. The van der Waals surface area contributed by atoms with Gasteiger partial charge in [0.25, 0.3) is 0 Å². The topological polar surface area (TPSA) is 56.6 Å². The second-order valence-corrected chi connectivity index (χ2v) is 8.81. The van der Waals surface area contributed by atoms with Crippen LogP contribution in [0.25, 0.3) is 11.0 Å². The molecule has 4 aromatic rings. The molecule has 3 aromatic carbocycles. The highest BCUT2D eigenvalue weighted by Crippen LogP contribution is 2.34. The van der Waals surface area contributed by atoms with Gasteiger partial charge in [-0.1, -0.05) is 18.2 Å². The largest absolute Gasteiger partial charge is 0.497 e. The minimum absolute atomic E-state index is 0.0172. The van der Waals surface area contributed by atoms with Crippen molar-refractivity contribution in [3.63, 3.8) is 0 Å². The maximum absolute atomic E-state index is 12.9. The van der Waals surface area contributed by atoms with E-state index in [1.165, 1.54) is 11.1 Å². The third-order valence-corrected chi connectivity index (χ3v) is 6.62. The summed E-state index contributed by atoms with van der Waals surface area (Å²) in [6.07, 6.45) is 0.438. The van der Waals surface area contributed by atoms with Crippen LogP contribution < -0.4 is 14.4 Å². The Labute approximate surface area is 199 Å². The summed E-state index contributed by atoms with van der Waals surface area (Å²) in [5.41, 5.74) is 5.36. The molecule has 34 heavy (non-hydrogen) atoms. The van der Waals surface area contributed by atoms with Gasteiger partial charge in [-0.3, -0.25) is 4.79 Å². The molecule has 1 aliphatic heterocycles. The van der Waals surface area contributed by atoms with Gasteiger partial charge in [0.1, 0.15) is 23.9 Å². The number of aromatic nitrogens is 2. The Kier molecular flexibility index (Phi) is 5.97. The van der Waals surface area contributed by atoms with Gasteiger partial charge >= 0.3 is 0 Å². The van der Waals surface area contributed by atoms with Crippen LogP contribution in [-0.4, -0.2) is 35.7 Å². The fourth-order valence-electron chi connectivity index (χ4n) is 4.59. The van der Waals surface area contributed by atoms with Crippen molar-refractivity contribution in [1.82, 2.24) is 9.55 Å². The summed E-state index contributed by atoms with van der Waals surface area (Å²) in [5.74, 6) is 2.71. The summed E-state index contributed by atoms with van der Waals surface area (Å²) in [7, 11) is 1.64. The Morgan fingerprint density at radius 2 is 1.74 bits per heavy atom. The Morgan fingerprint density at radius 3 is 2.50 bits per heavy atom. The number of nitrogens with zero attached hydrogens (tertiary/aromatic N) is 3. The first-order valence-corrected chi connectivity index (χ1v) is 11.6. The van der Waals surface area contributed by atoms with E-state index < -0.39 is 0 Å². The third-order valence-electron chi connectivity index (χ3n) is 6.62. The van der Waals surface area contributed by atoms with E-state index in [0.29, 0.717) is 26.1 Å². The number of aryl methyl sites for hydroxylation is 2. The van der Waals surface area contributed by atoms with E-state index in [9.17, 15) is 4.79 Å². The first-order chi connectivity index (χ1) is 16.5. The monoisotopic (exact) mass is 455 g/mol. The Hall–Kier alpha value is -3.80. The molecule has 1 aliphatic rings.